The summed E-state index contributed by atoms with van der Waals surface area (Å²) in [5.41, 5.74) is 6.96. The van der Waals surface area contributed by atoms with E-state index in [0.717, 1.165) is 12.0 Å². The molecule has 16 heteroatoms. The lowest BCUT2D eigenvalue weighted by atomic mass is 9.66. The van der Waals surface area contributed by atoms with Gasteiger partial charge in [-0.3, -0.25) is 0 Å². The van der Waals surface area contributed by atoms with Crippen LogP contribution >= 0.6 is 0 Å². The number of nitrogens with zero attached hydrogens (tertiary/aromatic N) is 6. The molecule has 0 aliphatic heterocycles. The van der Waals surface area contributed by atoms with Gasteiger partial charge in [-0.05, 0) is 50.3 Å². The van der Waals surface area contributed by atoms with Gasteiger partial charge in [0.25, 0.3) is 0 Å². The summed E-state index contributed by atoms with van der Waals surface area (Å²) >= 11 is 0. The van der Waals surface area contributed by atoms with Crippen LogP contribution in [0.5, 0.6) is 0 Å². The molecule has 1 aromatic carbocycles. The number of aliphatic carboxylic acids is 1. The lowest BCUT2D eigenvalue weighted by Gasteiger charge is -2.43. The average Bonchev–Trinajstić information content (AvgIpc) is 3.55. The predicted molar refractivity (Wildman–Crippen MR) is 125 cm³/mol. The highest BCUT2D eigenvalue weighted by atomic mass is 32.2. The van der Waals surface area contributed by atoms with Crippen molar-refractivity contribution >= 4 is 21.8 Å². The second kappa shape index (κ2) is 9.33. The van der Waals surface area contributed by atoms with Crippen molar-refractivity contribution in [3.05, 3.63) is 42.4 Å². The number of carbonyl (C=O) groups is 1. The van der Waals surface area contributed by atoms with Crippen LogP contribution in [0.25, 0.3) is 17.1 Å². The minimum Gasteiger partial charge on any atom is -0.475 e. The average molecular weight is 551 g/mol. The minimum absolute atomic E-state index is 0.140. The van der Waals surface area contributed by atoms with Gasteiger partial charge in [-0.1, -0.05) is 6.07 Å². The number of sulfonamides is 1. The van der Waals surface area contributed by atoms with Gasteiger partial charge in [0.15, 0.2) is 5.82 Å². The molecule has 2 aromatic heterocycles. The number of alkyl halides is 3. The van der Waals surface area contributed by atoms with Gasteiger partial charge in [-0.2, -0.15) is 28.6 Å². The monoisotopic (exact) mass is 550 g/mol. The topological polar surface area (TPSA) is 190 Å². The molecule has 0 atom stereocenters. The quantitative estimate of drug-likeness (QED) is 0.425. The van der Waals surface area contributed by atoms with Crippen molar-refractivity contribution < 1.29 is 31.5 Å². The van der Waals surface area contributed by atoms with Gasteiger partial charge in [0.05, 0.1) is 40.7 Å². The van der Waals surface area contributed by atoms with E-state index in [1.54, 1.807) is 18.2 Å². The van der Waals surface area contributed by atoms with Gasteiger partial charge in [0, 0.05) is 11.1 Å². The summed E-state index contributed by atoms with van der Waals surface area (Å²) in [7, 11) is -3.77. The summed E-state index contributed by atoms with van der Waals surface area (Å²) < 4.78 is 60.9. The molecule has 0 unspecified atom stereocenters. The second-order valence-electron chi connectivity index (χ2n) is 9.19. The van der Waals surface area contributed by atoms with Crippen molar-refractivity contribution in [3.8, 4) is 23.1 Å². The first-order chi connectivity index (χ1) is 17.7. The standard InChI is InChI=1S/C20H20N8O2S.C2HF3O2/c1-13-2-3-14(31(29,30)27-20-5-4-19(10-20,11-20)12-21)8-15(13)16-9-23-17(22)18(26-16)28-24-6-7-25-28;3-2(4,5)1(6)7/h2-3,6-9,27H,4-5,10-11H2,1H3,(H2,22,23);(H,6,7). The van der Waals surface area contributed by atoms with Crippen molar-refractivity contribution in [3.63, 3.8) is 0 Å². The molecule has 12 nitrogen and oxygen atoms in total. The van der Waals surface area contributed by atoms with E-state index in [2.05, 4.69) is 31.0 Å². The molecule has 2 bridgehead atoms. The molecule has 3 aromatic rings. The molecule has 4 N–H and O–H groups in total. The predicted octanol–water partition coefficient (Wildman–Crippen LogP) is 2.36. The first-order valence-corrected chi connectivity index (χ1v) is 12.5. The van der Waals surface area contributed by atoms with Gasteiger partial charge in [0.1, 0.15) is 0 Å². The summed E-state index contributed by atoms with van der Waals surface area (Å²) in [6.45, 7) is 1.87. The normalized spacial score (nSPS) is 22.1. The highest BCUT2D eigenvalue weighted by Crippen LogP contribution is 2.61. The smallest absolute Gasteiger partial charge is 0.475 e. The third-order valence-corrected chi connectivity index (χ3v) is 8.03. The number of nitrogen functional groups attached to an aromatic ring is 1. The van der Waals surface area contributed by atoms with Crippen molar-refractivity contribution in [2.75, 3.05) is 5.73 Å². The highest BCUT2D eigenvalue weighted by Gasteiger charge is 2.62. The highest BCUT2D eigenvalue weighted by molar-refractivity contribution is 7.89. The zero-order chi connectivity index (χ0) is 27.9. The molecule has 0 radical (unpaired) electrons. The fourth-order valence-corrected chi connectivity index (χ4v) is 6.17. The molecule has 3 aliphatic carbocycles. The number of aromatic nitrogens is 5. The van der Waals surface area contributed by atoms with Gasteiger partial charge >= 0.3 is 12.1 Å². The zero-order valence-electron chi connectivity index (χ0n) is 19.8. The third-order valence-electron chi connectivity index (χ3n) is 6.45. The number of fused-ring (bicyclic) bond motifs is 1. The van der Waals surface area contributed by atoms with Crippen LogP contribution < -0.4 is 10.5 Å². The number of nitrogens with two attached hydrogens (primary N) is 1. The summed E-state index contributed by atoms with van der Waals surface area (Å²) in [5, 5.41) is 24.5. The number of aryl methyl sites for hydroxylation is 1. The van der Waals surface area contributed by atoms with E-state index in [0.29, 0.717) is 30.5 Å². The number of hydrogen-bond donors (Lipinski definition) is 3. The maximum absolute atomic E-state index is 13.1. The van der Waals surface area contributed by atoms with Crippen LogP contribution in [0.4, 0.5) is 19.0 Å². The molecule has 200 valence electrons. The molecule has 0 amide bonds. The first kappa shape index (κ1) is 26.9. The molecule has 0 spiro atoms. The lowest BCUT2D eigenvalue weighted by molar-refractivity contribution is -0.192. The summed E-state index contributed by atoms with van der Waals surface area (Å²) in [4.78, 5) is 19.0. The van der Waals surface area contributed by atoms with Gasteiger partial charge in [-0.25, -0.2) is 27.9 Å². The summed E-state index contributed by atoms with van der Waals surface area (Å²) in [5.74, 6) is -2.33. The third kappa shape index (κ3) is 5.15. The van der Waals surface area contributed by atoms with E-state index >= 15 is 0 Å². The number of anilines is 1. The van der Waals surface area contributed by atoms with Crippen molar-refractivity contribution in [1.29, 1.82) is 5.26 Å². The maximum Gasteiger partial charge on any atom is 0.490 e. The van der Waals surface area contributed by atoms with Gasteiger partial charge < -0.3 is 10.8 Å². The van der Waals surface area contributed by atoms with E-state index in [1.165, 1.54) is 23.4 Å². The van der Waals surface area contributed by atoms with Crippen molar-refractivity contribution in [1.82, 2.24) is 29.7 Å². The molecule has 2 heterocycles. The SMILES string of the molecule is Cc1ccc(S(=O)(=O)NC23CCC(C#N)(C2)C3)cc1-c1cnc(N)c(-n2nccn2)n1.O=C(O)C(F)(F)F. The second-order valence-corrected chi connectivity index (χ2v) is 10.9. The maximum atomic E-state index is 13.1. The zero-order valence-corrected chi connectivity index (χ0v) is 20.6. The Morgan fingerprint density at radius 2 is 1.87 bits per heavy atom. The molecule has 38 heavy (non-hydrogen) atoms. The van der Waals surface area contributed by atoms with E-state index in [1.807, 2.05) is 6.92 Å². The summed E-state index contributed by atoms with van der Waals surface area (Å²) in [6.07, 6.45) is 1.97. The van der Waals surface area contributed by atoms with E-state index in [-0.39, 0.29) is 21.9 Å². The Labute approximate surface area is 214 Å². The van der Waals surface area contributed by atoms with Gasteiger partial charge in [-0.15, -0.1) is 4.80 Å². The number of nitrogens with one attached hydrogen (secondary N) is 1. The Morgan fingerprint density at radius 1 is 1.24 bits per heavy atom. The lowest BCUT2D eigenvalue weighted by Crippen LogP contribution is -2.55. The Balaban J connectivity index is 0.000000426. The van der Waals surface area contributed by atoms with Crippen LogP contribution in [-0.4, -0.2) is 56.2 Å². The van der Waals surface area contributed by atoms with Gasteiger partial charge in [0.2, 0.25) is 15.8 Å². The largest absolute Gasteiger partial charge is 0.490 e. The Bertz CT molecular complexity index is 1530. The molecular formula is C22H21F3N8O4S. The van der Waals surface area contributed by atoms with Crippen LogP contribution in [0, 0.1) is 23.7 Å². The van der Waals surface area contributed by atoms with Crippen LogP contribution in [-0.2, 0) is 14.8 Å². The number of carboxylic acid groups (broad SMARTS) is 1. The van der Waals surface area contributed by atoms with Crippen LogP contribution in [0.3, 0.4) is 0 Å². The Morgan fingerprint density at radius 3 is 2.42 bits per heavy atom. The van der Waals surface area contributed by atoms with Crippen LogP contribution in [0.1, 0.15) is 31.2 Å². The van der Waals surface area contributed by atoms with Crippen LogP contribution in [0.15, 0.2) is 41.7 Å². The molecule has 0 saturated heterocycles. The number of benzene rings is 1. The molecule has 3 fully saturated rings. The minimum atomic E-state index is -5.08. The molecule has 3 aliphatic rings. The number of hydrogen-bond acceptors (Lipinski definition) is 9. The van der Waals surface area contributed by atoms with E-state index in [4.69, 9.17) is 15.6 Å². The molecular weight excluding hydrogens is 529 g/mol. The molecule has 6 rings (SSSR count). The summed E-state index contributed by atoms with van der Waals surface area (Å²) in [6, 6.07) is 7.24. The number of halogens is 3. The molecule has 3 saturated carbocycles. The Hall–Kier alpha value is -4.10. The van der Waals surface area contributed by atoms with Crippen LogP contribution in [0.2, 0.25) is 0 Å². The van der Waals surface area contributed by atoms with E-state index < -0.39 is 27.7 Å². The first-order valence-electron chi connectivity index (χ1n) is 11.0. The fraction of sp³-hybridized carbons (Fsp3) is 0.364. The fourth-order valence-electron chi connectivity index (χ4n) is 4.71. The number of rotatable bonds is 5. The number of carboxylic acids is 1. The van der Waals surface area contributed by atoms with Crippen molar-refractivity contribution in [2.45, 2.75) is 49.2 Å². The number of nitriles is 1. The van der Waals surface area contributed by atoms with E-state index in [9.17, 15) is 26.9 Å². The van der Waals surface area contributed by atoms with Crippen molar-refractivity contribution in [2.24, 2.45) is 5.41 Å². The Kier molecular flexibility index (Phi) is 6.62.